The molecule has 0 fully saturated rings. The minimum Gasteiger partial charge on any atom is -0.493 e. The zero-order chi connectivity index (χ0) is 30.0. The summed E-state index contributed by atoms with van der Waals surface area (Å²) >= 11 is 0. The van der Waals surface area contributed by atoms with Crippen LogP contribution in [0.1, 0.15) is 61.3 Å². The highest BCUT2D eigenvalue weighted by Gasteiger charge is 2.28. The van der Waals surface area contributed by atoms with Crippen LogP contribution in [0.25, 0.3) is 10.8 Å². The number of aryl methyl sites for hydroxylation is 4. The van der Waals surface area contributed by atoms with Gasteiger partial charge in [0.15, 0.2) is 6.61 Å². The molecule has 2 nitrogen and oxygen atoms in total. The summed E-state index contributed by atoms with van der Waals surface area (Å²) in [7, 11) is 0. The highest BCUT2D eigenvalue weighted by Crippen LogP contribution is 2.26. The molecule has 0 saturated carbocycles. The Labute approximate surface area is 244 Å². The lowest BCUT2D eigenvalue weighted by molar-refractivity contribution is -0.153. The van der Waals surface area contributed by atoms with Crippen LogP contribution in [0.15, 0.2) is 72.8 Å². The van der Waals surface area contributed by atoms with Gasteiger partial charge in [-0.25, -0.2) is 8.78 Å². The van der Waals surface area contributed by atoms with Crippen molar-refractivity contribution in [3.05, 3.63) is 107 Å². The Bertz CT molecular complexity index is 1430. The van der Waals surface area contributed by atoms with Crippen LogP contribution >= 0.6 is 0 Å². The first kappa shape index (κ1) is 31.3. The molecule has 0 heterocycles. The van der Waals surface area contributed by atoms with Gasteiger partial charge in [-0.05, 0) is 77.9 Å². The summed E-state index contributed by atoms with van der Waals surface area (Å²) in [5.41, 5.74) is 3.05. The highest BCUT2D eigenvalue weighted by atomic mass is 19.4. The fourth-order valence-electron chi connectivity index (χ4n) is 4.93. The third kappa shape index (κ3) is 9.47. The molecule has 0 aliphatic carbocycles. The van der Waals surface area contributed by atoms with Crippen LogP contribution in [0.2, 0.25) is 0 Å². The van der Waals surface area contributed by atoms with Gasteiger partial charge in [0.1, 0.15) is 23.1 Å². The Morgan fingerprint density at radius 1 is 0.619 bits per heavy atom. The third-order valence-electron chi connectivity index (χ3n) is 7.33. The molecule has 4 rings (SSSR count). The van der Waals surface area contributed by atoms with E-state index in [0.29, 0.717) is 54.6 Å². The number of hydrogen-bond donors (Lipinski definition) is 0. The number of fused-ring (bicyclic) bond motifs is 1. The zero-order valence-electron chi connectivity index (χ0n) is 23.9. The molecule has 224 valence electrons. The van der Waals surface area contributed by atoms with Crippen LogP contribution in [0.4, 0.5) is 22.0 Å². The summed E-state index contributed by atoms with van der Waals surface area (Å²) < 4.78 is 77.4. The molecule has 0 radical (unpaired) electrons. The van der Waals surface area contributed by atoms with Crippen LogP contribution in [0.3, 0.4) is 0 Å². The summed E-state index contributed by atoms with van der Waals surface area (Å²) in [5, 5.41) is 1.30. The van der Waals surface area contributed by atoms with Crippen molar-refractivity contribution in [1.29, 1.82) is 0 Å². The lowest BCUT2D eigenvalue weighted by Crippen LogP contribution is -2.19. The summed E-state index contributed by atoms with van der Waals surface area (Å²) in [5.74, 6) is 0.131. The van der Waals surface area contributed by atoms with E-state index in [2.05, 4.69) is 6.92 Å². The maximum Gasteiger partial charge on any atom is 0.422 e. The molecule has 0 unspecified atom stereocenters. The first-order valence-corrected chi connectivity index (χ1v) is 14.6. The number of alkyl halides is 3. The van der Waals surface area contributed by atoms with Crippen LogP contribution in [-0.4, -0.2) is 19.4 Å². The second-order valence-corrected chi connectivity index (χ2v) is 10.7. The highest BCUT2D eigenvalue weighted by molar-refractivity contribution is 5.84. The monoisotopic (exact) mass is 584 g/mol. The summed E-state index contributed by atoms with van der Waals surface area (Å²) in [6, 6.07) is 20.7. The summed E-state index contributed by atoms with van der Waals surface area (Å²) in [6.07, 6.45) is 3.45. The Morgan fingerprint density at radius 3 is 2.02 bits per heavy atom. The average molecular weight is 585 g/mol. The van der Waals surface area contributed by atoms with E-state index < -0.39 is 12.8 Å². The standard InChI is InChI=1S/C35H37F5O2/c1-2-3-4-5-6-21-41-31-19-16-27(33(36)23-31)12-8-26-11-20-32-29(22-26)15-14-28(34(32)37)13-7-25-9-17-30(18-10-25)42-24-35(38,39)40/h9-11,14-20,22-23H,2-8,12-13,21,24H2,1H3. The first-order chi connectivity index (χ1) is 20.2. The van der Waals surface area contributed by atoms with Crippen LogP contribution in [0, 0.1) is 11.6 Å². The van der Waals surface area contributed by atoms with Gasteiger partial charge in [-0.3, -0.25) is 0 Å². The molecule has 4 aromatic carbocycles. The molecular weight excluding hydrogens is 547 g/mol. The fourth-order valence-corrected chi connectivity index (χ4v) is 4.93. The molecule has 0 N–H and O–H groups in total. The van der Waals surface area contributed by atoms with Gasteiger partial charge < -0.3 is 9.47 Å². The number of halogens is 5. The maximum absolute atomic E-state index is 15.3. The minimum absolute atomic E-state index is 0.140. The molecule has 7 heteroatoms. The van der Waals surface area contributed by atoms with E-state index in [4.69, 9.17) is 9.47 Å². The van der Waals surface area contributed by atoms with Crippen molar-refractivity contribution < 1.29 is 31.4 Å². The first-order valence-electron chi connectivity index (χ1n) is 14.6. The Morgan fingerprint density at radius 2 is 1.29 bits per heavy atom. The van der Waals surface area contributed by atoms with Crippen molar-refractivity contribution in [2.75, 3.05) is 13.2 Å². The molecule has 0 aromatic heterocycles. The van der Waals surface area contributed by atoms with Gasteiger partial charge in [0.05, 0.1) is 6.61 Å². The summed E-state index contributed by atoms with van der Waals surface area (Å²) in [6.45, 7) is 1.43. The number of ether oxygens (including phenoxy) is 2. The van der Waals surface area contributed by atoms with Crippen molar-refractivity contribution in [2.24, 2.45) is 0 Å². The quantitative estimate of drug-likeness (QED) is 0.102. The van der Waals surface area contributed by atoms with Crippen molar-refractivity contribution in [3.63, 3.8) is 0 Å². The van der Waals surface area contributed by atoms with Gasteiger partial charge in [-0.15, -0.1) is 0 Å². The second kappa shape index (κ2) is 15.0. The summed E-state index contributed by atoms with van der Waals surface area (Å²) in [4.78, 5) is 0. The van der Waals surface area contributed by atoms with Crippen LogP contribution in [0.5, 0.6) is 11.5 Å². The van der Waals surface area contributed by atoms with Gasteiger partial charge in [0, 0.05) is 11.5 Å². The minimum atomic E-state index is -4.39. The number of unbranched alkanes of at least 4 members (excludes halogenated alkanes) is 4. The number of rotatable bonds is 15. The third-order valence-corrected chi connectivity index (χ3v) is 7.33. The van der Waals surface area contributed by atoms with E-state index in [0.717, 1.165) is 29.4 Å². The number of benzene rings is 4. The molecule has 0 aliphatic rings. The van der Waals surface area contributed by atoms with Crippen molar-refractivity contribution >= 4 is 10.8 Å². The molecule has 0 bridgehead atoms. The van der Waals surface area contributed by atoms with Gasteiger partial charge in [0.2, 0.25) is 0 Å². The SMILES string of the molecule is CCCCCCCOc1ccc(CCc2ccc3c(F)c(CCc4ccc(OCC(F)(F)F)cc4)ccc3c2)c(F)c1. The largest absolute Gasteiger partial charge is 0.493 e. The predicted octanol–water partition coefficient (Wildman–Crippen LogP) is 9.98. The van der Waals surface area contributed by atoms with Crippen LogP contribution in [-0.2, 0) is 25.7 Å². The fraction of sp³-hybridized carbons (Fsp3) is 0.371. The molecule has 42 heavy (non-hydrogen) atoms. The van der Waals surface area contributed by atoms with E-state index in [-0.39, 0.29) is 17.4 Å². The lowest BCUT2D eigenvalue weighted by Gasteiger charge is -2.11. The van der Waals surface area contributed by atoms with Crippen molar-refractivity contribution in [2.45, 2.75) is 70.9 Å². The average Bonchev–Trinajstić information content (AvgIpc) is 2.97. The Balaban J connectivity index is 1.29. The molecule has 0 atom stereocenters. The van der Waals surface area contributed by atoms with E-state index in [9.17, 15) is 17.6 Å². The maximum atomic E-state index is 15.3. The van der Waals surface area contributed by atoms with E-state index in [1.165, 1.54) is 37.5 Å². The lowest BCUT2D eigenvalue weighted by atomic mass is 9.97. The second-order valence-electron chi connectivity index (χ2n) is 10.7. The normalized spacial score (nSPS) is 11.7. The van der Waals surface area contributed by atoms with E-state index >= 15 is 4.39 Å². The van der Waals surface area contributed by atoms with Gasteiger partial charge in [0.25, 0.3) is 0 Å². The van der Waals surface area contributed by atoms with Crippen LogP contribution < -0.4 is 9.47 Å². The van der Waals surface area contributed by atoms with Crippen molar-refractivity contribution in [3.8, 4) is 11.5 Å². The molecule has 4 aromatic rings. The molecule has 0 amide bonds. The molecular formula is C35H37F5O2. The van der Waals surface area contributed by atoms with E-state index in [1.807, 2.05) is 24.3 Å². The van der Waals surface area contributed by atoms with Gasteiger partial charge in [-0.2, -0.15) is 13.2 Å². The molecule has 0 spiro atoms. The topological polar surface area (TPSA) is 18.5 Å². The Kier molecular flexibility index (Phi) is 11.2. The Hall–Kier alpha value is -3.61. The molecule has 0 aliphatic heterocycles. The van der Waals surface area contributed by atoms with Crippen molar-refractivity contribution in [1.82, 2.24) is 0 Å². The zero-order valence-corrected chi connectivity index (χ0v) is 23.9. The van der Waals surface area contributed by atoms with E-state index in [1.54, 1.807) is 30.3 Å². The van der Waals surface area contributed by atoms with Gasteiger partial charge in [-0.1, -0.05) is 81.1 Å². The van der Waals surface area contributed by atoms with Gasteiger partial charge >= 0.3 is 6.18 Å². The smallest absolute Gasteiger partial charge is 0.422 e. The molecule has 0 saturated heterocycles. The number of hydrogen-bond acceptors (Lipinski definition) is 2. The predicted molar refractivity (Wildman–Crippen MR) is 157 cm³/mol.